The van der Waals surface area contributed by atoms with Gasteiger partial charge < -0.3 is 5.32 Å². The van der Waals surface area contributed by atoms with Crippen LogP contribution in [0.25, 0.3) is 0 Å². The van der Waals surface area contributed by atoms with Crippen molar-refractivity contribution in [3.8, 4) is 0 Å². The minimum absolute atomic E-state index is 0.138. The molecule has 0 bridgehead atoms. The second-order valence-electron chi connectivity index (χ2n) is 6.08. The molecule has 1 amide bonds. The summed E-state index contributed by atoms with van der Waals surface area (Å²) < 4.78 is 13.1. The third kappa shape index (κ3) is 3.44. The molecule has 0 radical (unpaired) electrons. The average Bonchev–Trinajstić information content (AvgIpc) is 2.82. The molecule has 0 unspecified atom stereocenters. The molecule has 23 heavy (non-hydrogen) atoms. The van der Waals surface area contributed by atoms with Gasteiger partial charge in [0.1, 0.15) is 5.82 Å². The van der Waals surface area contributed by atoms with Gasteiger partial charge >= 0.3 is 0 Å². The molecule has 0 spiro atoms. The Morgan fingerprint density at radius 2 is 2.00 bits per heavy atom. The van der Waals surface area contributed by atoms with Gasteiger partial charge in [0.05, 0.1) is 6.04 Å². The van der Waals surface area contributed by atoms with Gasteiger partial charge in [-0.15, -0.1) is 0 Å². The van der Waals surface area contributed by atoms with Crippen molar-refractivity contribution in [3.05, 3.63) is 52.6 Å². The lowest BCUT2D eigenvalue weighted by molar-refractivity contribution is 0.0929. The second kappa shape index (κ2) is 6.94. The highest BCUT2D eigenvalue weighted by atomic mass is 19.1. The number of nitrogens with one attached hydrogen (secondary N) is 2. The fourth-order valence-electron chi connectivity index (χ4n) is 3.19. The Kier molecular flexibility index (Phi) is 4.74. The molecule has 0 aliphatic heterocycles. The first-order valence-electron chi connectivity index (χ1n) is 8.31. The van der Waals surface area contributed by atoms with Gasteiger partial charge in [-0.2, -0.15) is 5.10 Å². The largest absolute Gasteiger partial charge is 0.344 e. The summed E-state index contributed by atoms with van der Waals surface area (Å²) in [4.78, 5) is 12.6. The number of amides is 1. The van der Waals surface area contributed by atoms with E-state index in [-0.39, 0.29) is 17.8 Å². The minimum atomic E-state index is -0.271. The number of carbonyl (C=O) groups excluding carboxylic acids is 1. The number of H-pyrrole nitrogens is 1. The van der Waals surface area contributed by atoms with E-state index in [0.717, 1.165) is 48.9 Å². The van der Waals surface area contributed by atoms with Crippen molar-refractivity contribution in [1.29, 1.82) is 0 Å². The maximum atomic E-state index is 13.1. The van der Waals surface area contributed by atoms with E-state index in [1.54, 1.807) is 12.1 Å². The maximum absolute atomic E-state index is 13.1. The predicted molar refractivity (Wildman–Crippen MR) is 86.7 cm³/mol. The van der Waals surface area contributed by atoms with Crippen molar-refractivity contribution >= 4 is 5.91 Å². The zero-order valence-corrected chi connectivity index (χ0v) is 13.4. The van der Waals surface area contributed by atoms with Gasteiger partial charge in [0.2, 0.25) is 0 Å². The molecule has 2 N–H and O–H groups in total. The lowest BCUT2D eigenvalue weighted by Gasteiger charge is -2.17. The summed E-state index contributed by atoms with van der Waals surface area (Å²) in [6.45, 7) is 2.00. The quantitative estimate of drug-likeness (QED) is 0.845. The maximum Gasteiger partial charge on any atom is 0.272 e. The standard InChI is InChI=1S/C18H22FN3O/c1-2-15(12-8-10-13(19)11-9-12)20-18(23)17-14-6-4-3-5-7-16(14)21-22-17/h8-11,15H,2-7H2,1H3,(H,20,23)(H,21,22)/t15-/m0/s1. The van der Waals surface area contributed by atoms with Crippen molar-refractivity contribution < 1.29 is 9.18 Å². The Morgan fingerprint density at radius 3 is 2.74 bits per heavy atom. The zero-order chi connectivity index (χ0) is 16.2. The van der Waals surface area contributed by atoms with Gasteiger partial charge in [-0.25, -0.2) is 4.39 Å². The molecule has 122 valence electrons. The van der Waals surface area contributed by atoms with Gasteiger partial charge in [-0.05, 0) is 49.8 Å². The van der Waals surface area contributed by atoms with E-state index in [1.807, 2.05) is 6.92 Å². The first-order valence-corrected chi connectivity index (χ1v) is 8.31. The van der Waals surface area contributed by atoms with Gasteiger partial charge in [0.15, 0.2) is 5.69 Å². The van der Waals surface area contributed by atoms with Gasteiger partial charge in [0, 0.05) is 11.3 Å². The van der Waals surface area contributed by atoms with E-state index >= 15 is 0 Å². The molecule has 4 nitrogen and oxygen atoms in total. The summed E-state index contributed by atoms with van der Waals surface area (Å²) in [5.74, 6) is -0.423. The zero-order valence-electron chi connectivity index (χ0n) is 13.4. The van der Waals surface area contributed by atoms with Crippen LogP contribution in [0.2, 0.25) is 0 Å². The summed E-state index contributed by atoms with van der Waals surface area (Å²) in [5.41, 5.74) is 3.59. The van der Waals surface area contributed by atoms with Crippen molar-refractivity contribution in [1.82, 2.24) is 15.5 Å². The van der Waals surface area contributed by atoms with Crippen molar-refractivity contribution in [3.63, 3.8) is 0 Å². The summed E-state index contributed by atoms with van der Waals surface area (Å²) in [7, 11) is 0. The minimum Gasteiger partial charge on any atom is -0.344 e. The molecular weight excluding hydrogens is 293 g/mol. The van der Waals surface area contributed by atoms with Crippen LogP contribution < -0.4 is 5.32 Å². The van der Waals surface area contributed by atoms with E-state index in [2.05, 4.69) is 15.5 Å². The highest BCUT2D eigenvalue weighted by Crippen LogP contribution is 2.23. The van der Waals surface area contributed by atoms with Crippen molar-refractivity contribution in [2.24, 2.45) is 0 Å². The number of rotatable bonds is 4. The van der Waals surface area contributed by atoms with E-state index in [1.165, 1.54) is 18.6 Å². The number of halogens is 1. The number of aromatic nitrogens is 2. The van der Waals surface area contributed by atoms with E-state index in [4.69, 9.17) is 0 Å². The summed E-state index contributed by atoms with van der Waals surface area (Å²) in [6.07, 6.45) is 6.04. The van der Waals surface area contributed by atoms with Gasteiger partial charge in [-0.1, -0.05) is 25.5 Å². The summed E-state index contributed by atoms with van der Waals surface area (Å²) in [5, 5.41) is 10.3. The van der Waals surface area contributed by atoms with Crippen LogP contribution in [-0.4, -0.2) is 16.1 Å². The van der Waals surface area contributed by atoms with Gasteiger partial charge in [0.25, 0.3) is 5.91 Å². The molecule has 1 aliphatic carbocycles. The van der Waals surface area contributed by atoms with Crippen LogP contribution in [0.1, 0.15) is 66.0 Å². The second-order valence-corrected chi connectivity index (χ2v) is 6.08. The van der Waals surface area contributed by atoms with Crippen LogP contribution in [0.15, 0.2) is 24.3 Å². The molecule has 0 saturated heterocycles. The number of aromatic amines is 1. The van der Waals surface area contributed by atoms with E-state index in [0.29, 0.717) is 5.69 Å². The fraction of sp³-hybridized carbons (Fsp3) is 0.444. The monoisotopic (exact) mass is 315 g/mol. The number of benzene rings is 1. The average molecular weight is 315 g/mol. The first-order chi connectivity index (χ1) is 11.2. The lowest BCUT2D eigenvalue weighted by Crippen LogP contribution is -2.29. The normalized spacial score (nSPS) is 15.6. The summed E-state index contributed by atoms with van der Waals surface area (Å²) in [6, 6.07) is 6.14. The van der Waals surface area contributed by atoms with Crippen LogP contribution >= 0.6 is 0 Å². The number of nitrogens with zero attached hydrogens (tertiary/aromatic N) is 1. The third-order valence-corrected chi connectivity index (χ3v) is 4.51. The van der Waals surface area contributed by atoms with E-state index < -0.39 is 0 Å². The topological polar surface area (TPSA) is 57.8 Å². The molecule has 2 aromatic rings. The molecule has 0 saturated carbocycles. The highest BCUT2D eigenvalue weighted by molar-refractivity contribution is 5.94. The lowest BCUT2D eigenvalue weighted by atomic mass is 10.0. The Balaban J connectivity index is 1.78. The molecule has 1 aromatic carbocycles. The number of carbonyl (C=O) groups is 1. The molecule has 1 atom stereocenters. The summed E-state index contributed by atoms with van der Waals surface area (Å²) >= 11 is 0. The molecule has 1 aliphatic rings. The fourth-order valence-corrected chi connectivity index (χ4v) is 3.19. The molecule has 1 heterocycles. The first kappa shape index (κ1) is 15.7. The van der Waals surface area contributed by atoms with Crippen LogP contribution in [0.3, 0.4) is 0 Å². The Labute approximate surface area is 135 Å². The smallest absolute Gasteiger partial charge is 0.272 e. The Morgan fingerprint density at radius 1 is 1.26 bits per heavy atom. The molecule has 1 aromatic heterocycles. The molecule has 0 fully saturated rings. The molecule has 3 rings (SSSR count). The molecular formula is C18H22FN3O. The molecule has 5 heteroatoms. The van der Waals surface area contributed by atoms with Crippen LogP contribution in [0, 0.1) is 5.82 Å². The number of aryl methyl sites for hydroxylation is 1. The van der Waals surface area contributed by atoms with Gasteiger partial charge in [-0.3, -0.25) is 9.89 Å². The number of hydrogen-bond acceptors (Lipinski definition) is 2. The third-order valence-electron chi connectivity index (χ3n) is 4.51. The van der Waals surface area contributed by atoms with Crippen LogP contribution in [0.5, 0.6) is 0 Å². The number of fused-ring (bicyclic) bond motifs is 1. The van der Waals surface area contributed by atoms with E-state index in [9.17, 15) is 9.18 Å². The van der Waals surface area contributed by atoms with Crippen molar-refractivity contribution in [2.75, 3.05) is 0 Å². The van der Waals surface area contributed by atoms with Crippen LogP contribution in [0.4, 0.5) is 4.39 Å². The Hall–Kier alpha value is -2.17. The SMILES string of the molecule is CC[C@H](NC(=O)c1n[nH]c2c1CCCCC2)c1ccc(F)cc1. The van der Waals surface area contributed by atoms with Crippen molar-refractivity contribution in [2.45, 2.75) is 51.5 Å². The Bertz CT molecular complexity index is 678. The highest BCUT2D eigenvalue weighted by Gasteiger charge is 2.22. The number of hydrogen-bond donors (Lipinski definition) is 2. The van der Waals surface area contributed by atoms with Crippen LogP contribution in [-0.2, 0) is 12.8 Å². The predicted octanol–water partition coefficient (Wildman–Crippen LogP) is 3.70.